The Morgan fingerprint density at radius 2 is 0.560 bits per heavy atom. The highest BCUT2D eigenvalue weighted by Crippen LogP contribution is 2.24. The van der Waals surface area contributed by atoms with Gasteiger partial charge >= 0.3 is 0 Å². The molecule has 0 saturated heterocycles. The van der Waals surface area contributed by atoms with Gasteiger partial charge in [0.05, 0.1) is 0 Å². The lowest BCUT2D eigenvalue weighted by molar-refractivity contribution is 0.367. The van der Waals surface area contributed by atoms with Crippen molar-refractivity contribution in [3.05, 3.63) is 0 Å². The summed E-state index contributed by atoms with van der Waals surface area (Å²) in [7, 11) is 0. The van der Waals surface area contributed by atoms with Gasteiger partial charge in [-0.05, 0) is 5.92 Å². The molecule has 0 radical (unpaired) electrons. The molecule has 0 spiro atoms. The number of rotatable bonds is 21. The molecule has 0 aliphatic heterocycles. The molecule has 0 aliphatic carbocycles. The van der Waals surface area contributed by atoms with E-state index in [0.717, 1.165) is 5.92 Å². The molecular weight excluding hydrogens is 300 g/mol. The van der Waals surface area contributed by atoms with Crippen molar-refractivity contribution in [2.75, 3.05) is 0 Å². The van der Waals surface area contributed by atoms with Gasteiger partial charge in [-0.25, -0.2) is 0 Å². The van der Waals surface area contributed by atoms with Crippen molar-refractivity contribution in [1.29, 1.82) is 0 Å². The summed E-state index contributed by atoms with van der Waals surface area (Å²) >= 11 is 0. The van der Waals surface area contributed by atoms with Gasteiger partial charge < -0.3 is 0 Å². The van der Waals surface area contributed by atoms with Gasteiger partial charge in [0.25, 0.3) is 0 Å². The Labute approximate surface area is 161 Å². The molecule has 0 aliphatic rings. The van der Waals surface area contributed by atoms with Crippen molar-refractivity contribution >= 4 is 0 Å². The van der Waals surface area contributed by atoms with Crippen LogP contribution in [-0.2, 0) is 0 Å². The van der Waals surface area contributed by atoms with Crippen molar-refractivity contribution in [2.24, 2.45) is 5.92 Å². The van der Waals surface area contributed by atoms with E-state index in [1.165, 1.54) is 135 Å². The van der Waals surface area contributed by atoms with Gasteiger partial charge in [0.2, 0.25) is 0 Å². The molecule has 0 saturated carbocycles. The van der Waals surface area contributed by atoms with Crippen LogP contribution in [0.4, 0.5) is 0 Å². The summed E-state index contributed by atoms with van der Waals surface area (Å²) in [6.45, 7) is 6.96. The van der Waals surface area contributed by atoms with Gasteiger partial charge in [-0.3, -0.25) is 0 Å². The van der Waals surface area contributed by atoms with Crippen LogP contribution < -0.4 is 0 Å². The molecule has 0 rings (SSSR count). The van der Waals surface area contributed by atoms with Crippen LogP contribution in [-0.4, -0.2) is 0 Å². The minimum Gasteiger partial charge on any atom is -0.0654 e. The average molecular weight is 353 g/mol. The predicted octanol–water partition coefficient (Wildman–Crippen LogP) is 9.85. The molecule has 0 heterocycles. The van der Waals surface area contributed by atoms with E-state index < -0.39 is 0 Å². The van der Waals surface area contributed by atoms with Gasteiger partial charge in [0.15, 0.2) is 0 Å². The topological polar surface area (TPSA) is 0 Å². The molecule has 0 N–H and O–H groups in total. The lowest BCUT2D eigenvalue weighted by Crippen LogP contribution is -2.01. The summed E-state index contributed by atoms with van der Waals surface area (Å²) in [6, 6.07) is 0. The van der Waals surface area contributed by atoms with Crippen LogP contribution in [0.1, 0.15) is 156 Å². The van der Waals surface area contributed by atoms with Crippen LogP contribution in [0.15, 0.2) is 0 Å². The third-order valence-corrected chi connectivity index (χ3v) is 5.90. The van der Waals surface area contributed by atoms with Crippen molar-refractivity contribution in [2.45, 2.75) is 156 Å². The van der Waals surface area contributed by atoms with Gasteiger partial charge in [-0.2, -0.15) is 0 Å². The lowest BCUT2D eigenvalue weighted by Gasteiger charge is -2.17. The van der Waals surface area contributed by atoms with Crippen LogP contribution in [0.2, 0.25) is 0 Å². The largest absolute Gasteiger partial charge is 0.0654 e. The minimum absolute atomic E-state index is 1.04. The summed E-state index contributed by atoms with van der Waals surface area (Å²) in [5.41, 5.74) is 0. The van der Waals surface area contributed by atoms with Crippen LogP contribution in [0.5, 0.6) is 0 Å². The maximum atomic E-state index is 2.34. The van der Waals surface area contributed by atoms with E-state index in [9.17, 15) is 0 Å². The second-order valence-corrected chi connectivity index (χ2v) is 8.54. The summed E-state index contributed by atoms with van der Waals surface area (Å²) in [5, 5.41) is 0. The minimum atomic E-state index is 1.04. The van der Waals surface area contributed by atoms with Gasteiger partial charge in [-0.1, -0.05) is 156 Å². The average Bonchev–Trinajstić information content (AvgIpc) is 2.62. The molecule has 1 atom stereocenters. The first kappa shape index (κ1) is 25.0. The molecule has 0 fully saturated rings. The third-order valence-electron chi connectivity index (χ3n) is 5.90. The Balaban J connectivity index is 3.61. The van der Waals surface area contributed by atoms with E-state index in [4.69, 9.17) is 0 Å². The van der Waals surface area contributed by atoms with E-state index >= 15 is 0 Å². The molecule has 25 heavy (non-hydrogen) atoms. The molecule has 0 aromatic heterocycles. The quantitative estimate of drug-likeness (QED) is 0.180. The summed E-state index contributed by atoms with van der Waals surface area (Å²) in [5.74, 6) is 1.04. The number of hydrogen-bond acceptors (Lipinski definition) is 0. The molecule has 0 heteroatoms. The number of hydrogen-bond donors (Lipinski definition) is 0. The first-order chi connectivity index (χ1) is 12.3. The van der Waals surface area contributed by atoms with Crippen molar-refractivity contribution in [1.82, 2.24) is 0 Å². The van der Waals surface area contributed by atoms with Gasteiger partial charge in [-0.15, -0.1) is 0 Å². The Hall–Kier alpha value is 0. The summed E-state index contributed by atoms with van der Waals surface area (Å²) in [4.78, 5) is 0. The fraction of sp³-hybridized carbons (Fsp3) is 1.00. The highest BCUT2D eigenvalue weighted by Gasteiger charge is 2.08. The molecule has 152 valence electrons. The summed E-state index contributed by atoms with van der Waals surface area (Å²) in [6.07, 6.45) is 30.8. The monoisotopic (exact) mass is 352 g/mol. The molecule has 0 amide bonds. The molecule has 0 aromatic carbocycles. The third kappa shape index (κ3) is 20.2. The summed E-state index contributed by atoms with van der Waals surface area (Å²) < 4.78 is 0. The van der Waals surface area contributed by atoms with Crippen LogP contribution >= 0.6 is 0 Å². The molecule has 0 nitrogen and oxygen atoms in total. The smallest absolute Gasteiger partial charge is 0.0414 e. The first-order valence-electron chi connectivity index (χ1n) is 12.3. The molecule has 0 bridgehead atoms. The van der Waals surface area contributed by atoms with Crippen LogP contribution in [0.3, 0.4) is 0 Å². The maximum Gasteiger partial charge on any atom is -0.0414 e. The molecular formula is C25H52. The van der Waals surface area contributed by atoms with Crippen LogP contribution in [0, 0.1) is 5.92 Å². The zero-order valence-corrected chi connectivity index (χ0v) is 18.4. The number of unbranched alkanes of at least 4 members (excludes halogenated alkanes) is 15. The Bertz CT molecular complexity index is 220. The normalized spacial score (nSPS) is 12.6. The van der Waals surface area contributed by atoms with Gasteiger partial charge in [0.1, 0.15) is 0 Å². The van der Waals surface area contributed by atoms with E-state index in [2.05, 4.69) is 20.8 Å². The highest BCUT2D eigenvalue weighted by molar-refractivity contribution is 4.62. The Morgan fingerprint density at radius 1 is 0.320 bits per heavy atom. The Kier molecular flexibility index (Phi) is 22.0. The second kappa shape index (κ2) is 22.0. The van der Waals surface area contributed by atoms with Crippen molar-refractivity contribution < 1.29 is 0 Å². The highest BCUT2D eigenvalue weighted by atomic mass is 14.1. The standard InChI is InChI=1S/C25H52/c1-4-7-10-12-14-15-16-18-21-24-25(22-19-9-6-3)23-20-17-13-11-8-5-2/h25H,4-24H2,1-3H3. The Morgan fingerprint density at radius 3 is 0.920 bits per heavy atom. The second-order valence-electron chi connectivity index (χ2n) is 8.54. The zero-order valence-electron chi connectivity index (χ0n) is 18.4. The van der Waals surface area contributed by atoms with E-state index in [1.807, 2.05) is 0 Å². The maximum absolute atomic E-state index is 2.34. The van der Waals surface area contributed by atoms with E-state index in [0.29, 0.717) is 0 Å². The van der Waals surface area contributed by atoms with Crippen molar-refractivity contribution in [3.8, 4) is 0 Å². The van der Waals surface area contributed by atoms with Crippen molar-refractivity contribution in [3.63, 3.8) is 0 Å². The van der Waals surface area contributed by atoms with Gasteiger partial charge in [0, 0.05) is 0 Å². The fourth-order valence-electron chi connectivity index (χ4n) is 4.07. The lowest BCUT2D eigenvalue weighted by atomic mass is 9.89. The first-order valence-corrected chi connectivity index (χ1v) is 12.3. The zero-order chi connectivity index (χ0) is 18.4. The molecule has 1 unspecified atom stereocenters. The predicted molar refractivity (Wildman–Crippen MR) is 117 cm³/mol. The fourth-order valence-corrected chi connectivity index (χ4v) is 4.07. The SMILES string of the molecule is CCCCCCCCCCCC(CCCCC)CCCCCCCC. The van der Waals surface area contributed by atoms with E-state index in [-0.39, 0.29) is 0 Å². The van der Waals surface area contributed by atoms with E-state index in [1.54, 1.807) is 0 Å². The van der Waals surface area contributed by atoms with Crippen LogP contribution in [0.25, 0.3) is 0 Å². The molecule has 0 aromatic rings.